The zero-order valence-corrected chi connectivity index (χ0v) is 11.3. The number of terminal acetylenes is 1. The highest BCUT2D eigenvalue weighted by Crippen LogP contribution is 2.22. The van der Waals surface area contributed by atoms with Crippen molar-refractivity contribution in [1.29, 1.82) is 5.26 Å². The molecule has 0 unspecified atom stereocenters. The van der Waals surface area contributed by atoms with E-state index >= 15 is 0 Å². The SMILES string of the molecule is C#CCN1CCC(Nc2cccc(C)c2C#N)CC1. The monoisotopic (exact) mass is 253 g/mol. The molecule has 98 valence electrons. The average Bonchev–Trinajstić information content (AvgIpc) is 2.42. The fourth-order valence-electron chi connectivity index (χ4n) is 2.52. The minimum atomic E-state index is 0.433. The van der Waals surface area contributed by atoms with Crippen molar-refractivity contribution in [1.82, 2.24) is 4.90 Å². The van der Waals surface area contributed by atoms with Crippen molar-refractivity contribution in [3.05, 3.63) is 29.3 Å². The van der Waals surface area contributed by atoms with Gasteiger partial charge in [0.15, 0.2) is 0 Å². The molecule has 2 rings (SSSR count). The van der Waals surface area contributed by atoms with Gasteiger partial charge in [0.25, 0.3) is 0 Å². The molecule has 1 heterocycles. The van der Waals surface area contributed by atoms with Crippen LogP contribution in [0.25, 0.3) is 0 Å². The molecule has 0 amide bonds. The molecule has 1 saturated heterocycles. The van der Waals surface area contributed by atoms with Crippen molar-refractivity contribution in [2.75, 3.05) is 25.0 Å². The van der Waals surface area contributed by atoms with Crippen molar-refractivity contribution in [3.63, 3.8) is 0 Å². The predicted molar refractivity (Wildman–Crippen MR) is 77.8 cm³/mol. The molecule has 0 aliphatic carbocycles. The maximum atomic E-state index is 9.22. The van der Waals surface area contributed by atoms with Crippen LogP contribution >= 0.6 is 0 Å². The van der Waals surface area contributed by atoms with Crippen LogP contribution in [-0.2, 0) is 0 Å². The molecule has 1 aromatic rings. The summed E-state index contributed by atoms with van der Waals surface area (Å²) in [6.07, 6.45) is 7.47. The van der Waals surface area contributed by atoms with E-state index in [9.17, 15) is 5.26 Å². The van der Waals surface area contributed by atoms with Crippen LogP contribution in [0.1, 0.15) is 24.0 Å². The number of hydrogen-bond donors (Lipinski definition) is 1. The smallest absolute Gasteiger partial charge is 0.102 e. The van der Waals surface area contributed by atoms with E-state index in [0.717, 1.165) is 49.3 Å². The Labute approximate surface area is 115 Å². The number of nitrogens with zero attached hydrogens (tertiary/aromatic N) is 2. The number of benzene rings is 1. The van der Waals surface area contributed by atoms with E-state index in [4.69, 9.17) is 6.42 Å². The molecular weight excluding hydrogens is 234 g/mol. The first-order valence-electron chi connectivity index (χ1n) is 6.66. The Morgan fingerprint density at radius 1 is 1.42 bits per heavy atom. The summed E-state index contributed by atoms with van der Waals surface area (Å²) >= 11 is 0. The lowest BCUT2D eigenvalue weighted by Gasteiger charge is -2.31. The topological polar surface area (TPSA) is 39.1 Å². The van der Waals surface area contributed by atoms with Crippen molar-refractivity contribution >= 4 is 5.69 Å². The minimum Gasteiger partial charge on any atom is -0.381 e. The fourth-order valence-corrected chi connectivity index (χ4v) is 2.52. The summed E-state index contributed by atoms with van der Waals surface area (Å²) in [7, 11) is 0. The van der Waals surface area contributed by atoms with Crippen LogP contribution in [0.5, 0.6) is 0 Å². The summed E-state index contributed by atoms with van der Waals surface area (Å²) in [5.41, 5.74) is 2.74. The van der Waals surface area contributed by atoms with Gasteiger partial charge in [0.1, 0.15) is 6.07 Å². The van der Waals surface area contributed by atoms with Gasteiger partial charge in [-0.05, 0) is 31.4 Å². The first-order valence-corrected chi connectivity index (χ1v) is 6.66. The van der Waals surface area contributed by atoms with Gasteiger partial charge < -0.3 is 5.32 Å². The Morgan fingerprint density at radius 3 is 2.79 bits per heavy atom. The summed E-state index contributed by atoms with van der Waals surface area (Å²) in [5.74, 6) is 2.69. The number of nitrogens with one attached hydrogen (secondary N) is 1. The molecule has 1 fully saturated rings. The van der Waals surface area contributed by atoms with E-state index in [1.807, 2.05) is 25.1 Å². The minimum absolute atomic E-state index is 0.433. The van der Waals surface area contributed by atoms with Gasteiger partial charge in [-0.15, -0.1) is 6.42 Å². The molecule has 0 aromatic heterocycles. The molecule has 3 nitrogen and oxygen atoms in total. The average molecular weight is 253 g/mol. The van der Waals surface area contributed by atoms with Crippen LogP contribution in [0.2, 0.25) is 0 Å². The molecule has 0 saturated carbocycles. The van der Waals surface area contributed by atoms with Gasteiger partial charge in [-0.1, -0.05) is 18.1 Å². The molecule has 0 radical (unpaired) electrons. The lowest BCUT2D eigenvalue weighted by molar-refractivity contribution is 0.243. The number of hydrogen-bond acceptors (Lipinski definition) is 3. The van der Waals surface area contributed by atoms with E-state index in [-0.39, 0.29) is 0 Å². The third-order valence-electron chi connectivity index (χ3n) is 3.65. The Hall–Kier alpha value is -1.97. The third-order valence-corrected chi connectivity index (χ3v) is 3.65. The second-order valence-electron chi connectivity index (χ2n) is 5.01. The van der Waals surface area contributed by atoms with Crippen molar-refractivity contribution in [2.45, 2.75) is 25.8 Å². The third kappa shape index (κ3) is 3.28. The molecule has 0 spiro atoms. The van der Waals surface area contributed by atoms with Crippen LogP contribution in [0.15, 0.2) is 18.2 Å². The number of piperidine rings is 1. The van der Waals surface area contributed by atoms with Crippen LogP contribution in [0.3, 0.4) is 0 Å². The lowest BCUT2D eigenvalue weighted by atomic mass is 10.0. The van der Waals surface area contributed by atoms with E-state index in [1.165, 1.54) is 0 Å². The highest BCUT2D eigenvalue weighted by molar-refractivity contribution is 5.61. The normalized spacial score (nSPS) is 16.6. The Bertz CT molecular complexity index is 514. The van der Waals surface area contributed by atoms with Crippen molar-refractivity contribution < 1.29 is 0 Å². The van der Waals surface area contributed by atoms with Crippen molar-refractivity contribution in [3.8, 4) is 18.4 Å². The van der Waals surface area contributed by atoms with Gasteiger partial charge in [-0.2, -0.15) is 5.26 Å². The van der Waals surface area contributed by atoms with Crippen LogP contribution in [0.4, 0.5) is 5.69 Å². The summed E-state index contributed by atoms with van der Waals surface area (Å²) in [6.45, 7) is 4.75. The van der Waals surface area contributed by atoms with Gasteiger partial charge in [-0.25, -0.2) is 0 Å². The zero-order valence-electron chi connectivity index (χ0n) is 11.3. The van der Waals surface area contributed by atoms with Crippen molar-refractivity contribution in [2.24, 2.45) is 0 Å². The number of likely N-dealkylation sites (tertiary alicyclic amines) is 1. The van der Waals surface area contributed by atoms with Gasteiger partial charge in [0.05, 0.1) is 17.8 Å². The highest BCUT2D eigenvalue weighted by atomic mass is 15.1. The van der Waals surface area contributed by atoms with Crippen LogP contribution < -0.4 is 5.32 Å². The highest BCUT2D eigenvalue weighted by Gasteiger charge is 2.19. The Morgan fingerprint density at radius 2 is 2.16 bits per heavy atom. The molecule has 1 aliphatic rings. The second kappa shape index (κ2) is 6.27. The molecule has 1 aromatic carbocycles. The molecule has 19 heavy (non-hydrogen) atoms. The molecule has 1 aliphatic heterocycles. The number of anilines is 1. The van der Waals surface area contributed by atoms with Gasteiger partial charge >= 0.3 is 0 Å². The van der Waals surface area contributed by atoms with Gasteiger partial charge in [0, 0.05) is 19.1 Å². The summed E-state index contributed by atoms with van der Waals surface area (Å²) in [6, 6.07) is 8.67. The van der Waals surface area contributed by atoms with Gasteiger partial charge in [-0.3, -0.25) is 4.90 Å². The largest absolute Gasteiger partial charge is 0.381 e. The van der Waals surface area contributed by atoms with Gasteiger partial charge in [0.2, 0.25) is 0 Å². The predicted octanol–water partition coefficient (Wildman–Crippen LogP) is 2.38. The summed E-state index contributed by atoms with van der Waals surface area (Å²) < 4.78 is 0. The molecule has 1 N–H and O–H groups in total. The number of rotatable bonds is 3. The molecule has 3 heteroatoms. The van der Waals surface area contributed by atoms with Crippen LogP contribution in [-0.4, -0.2) is 30.6 Å². The Balaban J connectivity index is 1.99. The van der Waals surface area contributed by atoms with E-state index in [2.05, 4.69) is 22.2 Å². The van der Waals surface area contributed by atoms with E-state index in [1.54, 1.807) is 0 Å². The van der Waals surface area contributed by atoms with E-state index in [0.29, 0.717) is 6.04 Å². The Kier molecular flexibility index (Phi) is 4.44. The van der Waals surface area contributed by atoms with Crippen LogP contribution in [0, 0.1) is 30.6 Å². The lowest BCUT2D eigenvalue weighted by Crippen LogP contribution is -2.39. The second-order valence-corrected chi connectivity index (χ2v) is 5.01. The molecule has 0 atom stereocenters. The summed E-state index contributed by atoms with van der Waals surface area (Å²) in [5, 5.41) is 12.7. The molecular formula is C16H19N3. The maximum Gasteiger partial charge on any atom is 0.102 e. The standard InChI is InChI=1S/C16H19N3/c1-3-9-19-10-7-14(8-11-19)18-16-6-4-5-13(2)15(16)12-17/h1,4-6,14,18H,7-11H2,2H3. The maximum absolute atomic E-state index is 9.22. The number of nitriles is 1. The quantitative estimate of drug-likeness (QED) is 0.841. The zero-order chi connectivity index (χ0) is 13.7. The van der Waals surface area contributed by atoms with E-state index < -0.39 is 0 Å². The first kappa shape index (κ1) is 13.5. The number of aryl methyl sites for hydroxylation is 1. The fraction of sp³-hybridized carbons (Fsp3) is 0.438. The summed E-state index contributed by atoms with van der Waals surface area (Å²) in [4.78, 5) is 2.29. The first-order chi connectivity index (χ1) is 9.24. The molecule has 0 bridgehead atoms.